The van der Waals surface area contributed by atoms with Gasteiger partial charge in [0.25, 0.3) is 0 Å². The summed E-state index contributed by atoms with van der Waals surface area (Å²) in [4.78, 5) is 2.46. The van der Waals surface area contributed by atoms with Gasteiger partial charge in [0.2, 0.25) is 0 Å². The van der Waals surface area contributed by atoms with Crippen molar-refractivity contribution >= 4 is 0 Å². The molecule has 0 amide bonds. The van der Waals surface area contributed by atoms with Crippen molar-refractivity contribution in [3.05, 3.63) is 70.8 Å². The van der Waals surface area contributed by atoms with Crippen LogP contribution in [0.25, 0.3) is 0 Å². The third-order valence-corrected chi connectivity index (χ3v) is 7.90. The number of nitrogens with zero attached hydrogens (tertiary/aromatic N) is 1. The van der Waals surface area contributed by atoms with Crippen molar-refractivity contribution < 1.29 is 14.9 Å². The van der Waals surface area contributed by atoms with E-state index in [2.05, 4.69) is 24.1 Å². The molecule has 4 nitrogen and oxygen atoms in total. The van der Waals surface area contributed by atoms with Crippen LogP contribution < -0.4 is 4.74 Å². The minimum Gasteiger partial charge on any atom is -0.504 e. The highest BCUT2D eigenvalue weighted by atomic mass is 16.5. The minimum atomic E-state index is -1.21. The zero-order valence-corrected chi connectivity index (χ0v) is 16.2. The van der Waals surface area contributed by atoms with Gasteiger partial charge >= 0.3 is 0 Å². The van der Waals surface area contributed by atoms with Gasteiger partial charge in [0.05, 0.1) is 0 Å². The van der Waals surface area contributed by atoms with E-state index >= 15 is 0 Å². The molecule has 2 heterocycles. The standard InChI is InChI=1S/C24H25NO3/c1-14-12-17-18-13-15-8-9-19(26)21-20(15)23(17,10-11-25(18)2)22(28-21)24(14,27)16-6-4-3-5-7-16/h3-9,12,17-18,22,26-27H,10-11,13H2,1-2H3/t17-,18+,22+,23-,24+/m0/s1. The summed E-state index contributed by atoms with van der Waals surface area (Å²) in [7, 11) is 2.20. The Morgan fingerprint density at radius 1 is 1.14 bits per heavy atom. The van der Waals surface area contributed by atoms with Gasteiger partial charge in [0.15, 0.2) is 11.5 Å². The van der Waals surface area contributed by atoms with E-state index in [0.717, 1.165) is 36.1 Å². The summed E-state index contributed by atoms with van der Waals surface area (Å²) in [5, 5.41) is 22.8. The van der Waals surface area contributed by atoms with Crippen LogP contribution in [0.2, 0.25) is 0 Å². The summed E-state index contributed by atoms with van der Waals surface area (Å²) < 4.78 is 6.53. The van der Waals surface area contributed by atoms with E-state index in [1.807, 2.05) is 37.3 Å². The highest BCUT2D eigenvalue weighted by Gasteiger charge is 2.69. The van der Waals surface area contributed by atoms with Gasteiger partial charge in [0, 0.05) is 22.9 Å². The average molecular weight is 375 g/mol. The number of ether oxygens (including phenoxy) is 1. The van der Waals surface area contributed by atoms with Crippen molar-refractivity contribution in [2.45, 2.75) is 42.9 Å². The van der Waals surface area contributed by atoms with Crippen molar-refractivity contribution in [2.75, 3.05) is 13.6 Å². The Labute approximate surface area is 165 Å². The number of aliphatic hydroxyl groups is 1. The van der Waals surface area contributed by atoms with Gasteiger partial charge in [-0.25, -0.2) is 0 Å². The number of likely N-dealkylation sites (tertiary alicyclic amines) is 1. The molecule has 1 fully saturated rings. The lowest BCUT2D eigenvalue weighted by molar-refractivity contribution is -0.109. The van der Waals surface area contributed by atoms with Crippen LogP contribution >= 0.6 is 0 Å². The van der Waals surface area contributed by atoms with Gasteiger partial charge in [-0.05, 0) is 56.1 Å². The molecule has 0 aromatic heterocycles. The lowest BCUT2D eigenvalue weighted by Gasteiger charge is -2.59. The predicted octanol–water partition coefficient (Wildman–Crippen LogP) is 3.12. The average Bonchev–Trinajstić information content (AvgIpc) is 3.06. The molecule has 1 saturated heterocycles. The van der Waals surface area contributed by atoms with E-state index < -0.39 is 11.7 Å². The fourth-order valence-corrected chi connectivity index (χ4v) is 6.58. The molecule has 6 rings (SSSR count). The Morgan fingerprint density at radius 2 is 1.93 bits per heavy atom. The van der Waals surface area contributed by atoms with Gasteiger partial charge in [-0.3, -0.25) is 0 Å². The molecule has 2 bridgehead atoms. The van der Waals surface area contributed by atoms with Crippen LogP contribution in [0.4, 0.5) is 0 Å². The first-order valence-corrected chi connectivity index (χ1v) is 10.2. The fourth-order valence-electron chi connectivity index (χ4n) is 6.58. The number of piperidine rings is 1. The first-order valence-electron chi connectivity index (χ1n) is 10.2. The topological polar surface area (TPSA) is 52.9 Å². The summed E-state index contributed by atoms with van der Waals surface area (Å²) in [6, 6.07) is 14.1. The highest BCUT2D eigenvalue weighted by Crippen LogP contribution is 2.66. The smallest absolute Gasteiger partial charge is 0.165 e. The van der Waals surface area contributed by atoms with Crippen molar-refractivity contribution in [3.8, 4) is 11.5 Å². The van der Waals surface area contributed by atoms with Crippen LogP contribution in [-0.4, -0.2) is 40.9 Å². The number of aromatic hydroxyl groups is 1. The van der Waals surface area contributed by atoms with Gasteiger partial charge < -0.3 is 19.8 Å². The monoisotopic (exact) mass is 375 g/mol. The summed E-state index contributed by atoms with van der Waals surface area (Å²) >= 11 is 0. The normalized spacial score (nSPS) is 37.8. The number of rotatable bonds is 1. The SMILES string of the molecule is CC1=C[C@H]2[C@H]3Cc4ccc(O)c5c4[C@@]2(CCN3C)[C@@H](O5)[C@]1(O)c1ccccc1. The van der Waals surface area contributed by atoms with E-state index in [0.29, 0.717) is 11.8 Å². The molecule has 4 aliphatic rings. The summed E-state index contributed by atoms with van der Waals surface area (Å²) in [6.07, 6.45) is 3.73. The second-order valence-electron chi connectivity index (χ2n) is 9.00. The molecule has 0 radical (unpaired) electrons. The third kappa shape index (κ3) is 1.70. The molecule has 2 aromatic rings. The van der Waals surface area contributed by atoms with Crippen molar-refractivity contribution in [2.24, 2.45) is 5.92 Å². The van der Waals surface area contributed by atoms with Crippen LogP contribution in [0.15, 0.2) is 54.1 Å². The zero-order valence-electron chi connectivity index (χ0n) is 16.2. The molecule has 0 saturated carbocycles. The summed E-state index contributed by atoms with van der Waals surface area (Å²) in [5.74, 6) is 1.05. The Balaban J connectivity index is 1.68. The number of hydrogen-bond donors (Lipinski definition) is 2. The van der Waals surface area contributed by atoms with E-state index in [9.17, 15) is 10.2 Å². The first-order chi connectivity index (χ1) is 13.5. The van der Waals surface area contributed by atoms with Crippen LogP contribution in [0.1, 0.15) is 30.0 Å². The molecule has 5 atom stereocenters. The van der Waals surface area contributed by atoms with E-state index in [-0.39, 0.29) is 17.1 Å². The molecular weight excluding hydrogens is 350 g/mol. The quantitative estimate of drug-likeness (QED) is 0.752. The number of benzene rings is 2. The maximum Gasteiger partial charge on any atom is 0.165 e. The van der Waals surface area contributed by atoms with E-state index in [4.69, 9.17) is 4.74 Å². The largest absolute Gasteiger partial charge is 0.504 e. The van der Waals surface area contributed by atoms with Crippen LogP contribution in [0.3, 0.4) is 0 Å². The molecule has 2 aliphatic carbocycles. The summed E-state index contributed by atoms with van der Waals surface area (Å²) in [5.41, 5.74) is 2.69. The molecular formula is C24H25NO3. The van der Waals surface area contributed by atoms with Crippen LogP contribution in [0, 0.1) is 5.92 Å². The number of phenols is 1. The highest BCUT2D eigenvalue weighted by molar-refractivity contribution is 5.63. The molecule has 4 heteroatoms. The number of phenolic OH excluding ortho intramolecular Hbond substituents is 1. The Kier molecular flexibility index (Phi) is 3.08. The molecule has 0 unspecified atom stereocenters. The number of hydrogen-bond acceptors (Lipinski definition) is 4. The molecule has 2 aromatic carbocycles. The third-order valence-electron chi connectivity index (χ3n) is 7.90. The van der Waals surface area contributed by atoms with Crippen LogP contribution in [-0.2, 0) is 17.4 Å². The van der Waals surface area contributed by atoms with E-state index in [1.165, 1.54) is 5.56 Å². The fraction of sp³-hybridized carbons (Fsp3) is 0.417. The van der Waals surface area contributed by atoms with Crippen molar-refractivity contribution in [1.82, 2.24) is 4.90 Å². The molecule has 144 valence electrons. The van der Waals surface area contributed by atoms with Gasteiger partial charge in [-0.15, -0.1) is 0 Å². The Morgan fingerprint density at radius 3 is 2.71 bits per heavy atom. The zero-order chi connectivity index (χ0) is 19.3. The lowest BCUT2D eigenvalue weighted by atomic mass is 9.49. The summed E-state index contributed by atoms with van der Waals surface area (Å²) in [6.45, 7) is 2.99. The lowest BCUT2D eigenvalue weighted by Crippen LogP contribution is -2.67. The van der Waals surface area contributed by atoms with Gasteiger partial charge in [-0.1, -0.05) is 42.5 Å². The second-order valence-corrected chi connectivity index (χ2v) is 9.00. The molecule has 2 N–H and O–H groups in total. The van der Waals surface area contributed by atoms with Crippen molar-refractivity contribution in [3.63, 3.8) is 0 Å². The Bertz CT molecular complexity index is 1020. The molecule has 1 spiro atoms. The number of likely N-dealkylation sites (N-methyl/N-ethyl adjacent to an activating group) is 1. The van der Waals surface area contributed by atoms with Crippen LogP contribution in [0.5, 0.6) is 11.5 Å². The molecule has 2 aliphatic heterocycles. The minimum absolute atomic E-state index is 0.187. The maximum absolute atomic E-state index is 12.2. The van der Waals surface area contributed by atoms with Gasteiger partial charge in [0.1, 0.15) is 11.7 Å². The second kappa shape index (κ2) is 5.19. The van der Waals surface area contributed by atoms with Gasteiger partial charge in [-0.2, -0.15) is 0 Å². The van der Waals surface area contributed by atoms with Crippen molar-refractivity contribution in [1.29, 1.82) is 0 Å². The predicted molar refractivity (Wildman–Crippen MR) is 107 cm³/mol. The molecule has 28 heavy (non-hydrogen) atoms. The first kappa shape index (κ1) is 16.6. The Hall–Kier alpha value is -2.30. The van der Waals surface area contributed by atoms with E-state index in [1.54, 1.807) is 6.07 Å². The maximum atomic E-state index is 12.2.